The molecule has 25 heavy (non-hydrogen) atoms. The van der Waals surface area contributed by atoms with Crippen molar-refractivity contribution in [3.63, 3.8) is 0 Å². The fourth-order valence-electron chi connectivity index (χ4n) is 2.61. The second kappa shape index (κ2) is 10.1. The molecule has 0 spiro atoms. The van der Waals surface area contributed by atoms with E-state index >= 15 is 0 Å². The fraction of sp³-hybridized carbons (Fsp3) is 0.450. The van der Waals surface area contributed by atoms with Crippen molar-refractivity contribution in [2.45, 2.75) is 46.1 Å². The minimum atomic E-state index is -0.0656. The zero-order valence-corrected chi connectivity index (χ0v) is 16.0. The summed E-state index contributed by atoms with van der Waals surface area (Å²) in [5.74, 6) is 1.54. The molecular formula is C20H27NO3S. The third kappa shape index (κ3) is 6.09. The first-order valence-electron chi connectivity index (χ1n) is 8.85. The number of hydrogen-bond acceptors (Lipinski definition) is 4. The summed E-state index contributed by atoms with van der Waals surface area (Å²) in [6, 6.07) is 9.92. The SMILES string of the molecule is CCOc1ccc(C(C)NC(=O)CCCc2cccs2)cc1OCC. The summed E-state index contributed by atoms with van der Waals surface area (Å²) in [6.07, 6.45) is 2.36. The molecule has 0 aliphatic carbocycles. The van der Waals surface area contributed by atoms with Crippen LogP contribution in [0.4, 0.5) is 0 Å². The van der Waals surface area contributed by atoms with E-state index in [1.54, 1.807) is 11.3 Å². The molecule has 0 radical (unpaired) electrons. The third-order valence-electron chi connectivity index (χ3n) is 3.85. The van der Waals surface area contributed by atoms with Crippen molar-refractivity contribution >= 4 is 17.2 Å². The van der Waals surface area contributed by atoms with Gasteiger partial charge in [0.05, 0.1) is 19.3 Å². The van der Waals surface area contributed by atoms with Crippen LogP contribution in [0.3, 0.4) is 0 Å². The van der Waals surface area contributed by atoms with Crippen LogP contribution in [0.25, 0.3) is 0 Å². The number of nitrogens with one attached hydrogen (secondary N) is 1. The van der Waals surface area contributed by atoms with E-state index in [4.69, 9.17) is 9.47 Å². The fourth-order valence-corrected chi connectivity index (χ4v) is 3.36. The number of hydrogen-bond donors (Lipinski definition) is 1. The van der Waals surface area contributed by atoms with Crippen molar-refractivity contribution in [3.8, 4) is 11.5 Å². The Morgan fingerprint density at radius 2 is 1.92 bits per heavy atom. The van der Waals surface area contributed by atoms with Gasteiger partial charge in [-0.2, -0.15) is 0 Å². The average molecular weight is 362 g/mol. The minimum absolute atomic E-state index is 0.0656. The number of carbonyl (C=O) groups excluding carboxylic acids is 1. The highest BCUT2D eigenvalue weighted by molar-refractivity contribution is 7.09. The van der Waals surface area contributed by atoms with E-state index in [2.05, 4.69) is 16.8 Å². The molecule has 1 unspecified atom stereocenters. The summed E-state index contributed by atoms with van der Waals surface area (Å²) in [5, 5.41) is 5.13. The number of aryl methyl sites for hydroxylation is 1. The zero-order chi connectivity index (χ0) is 18.1. The highest BCUT2D eigenvalue weighted by Crippen LogP contribution is 2.30. The zero-order valence-electron chi connectivity index (χ0n) is 15.2. The molecule has 0 fully saturated rings. The lowest BCUT2D eigenvalue weighted by atomic mass is 10.1. The van der Waals surface area contributed by atoms with Gasteiger partial charge in [0.2, 0.25) is 5.91 Å². The van der Waals surface area contributed by atoms with E-state index in [0.29, 0.717) is 19.6 Å². The Balaban J connectivity index is 1.89. The van der Waals surface area contributed by atoms with Crippen LogP contribution < -0.4 is 14.8 Å². The maximum Gasteiger partial charge on any atom is 0.220 e. The van der Waals surface area contributed by atoms with E-state index in [0.717, 1.165) is 29.9 Å². The summed E-state index contributed by atoms with van der Waals surface area (Å²) >= 11 is 1.74. The van der Waals surface area contributed by atoms with Gasteiger partial charge in [-0.1, -0.05) is 12.1 Å². The van der Waals surface area contributed by atoms with Gasteiger partial charge in [0, 0.05) is 11.3 Å². The Bertz CT molecular complexity index is 655. The van der Waals surface area contributed by atoms with E-state index in [-0.39, 0.29) is 11.9 Å². The number of ether oxygens (including phenoxy) is 2. The highest BCUT2D eigenvalue weighted by Gasteiger charge is 2.13. The van der Waals surface area contributed by atoms with Crippen LogP contribution in [0.1, 0.15) is 50.1 Å². The van der Waals surface area contributed by atoms with Crippen molar-refractivity contribution in [3.05, 3.63) is 46.2 Å². The Labute approximate surface area is 154 Å². The molecule has 1 amide bonds. The molecule has 0 bridgehead atoms. The predicted octanol–water partition coefficient (Wildman–Crippen LogP) is 4.75. The molecular weight excluding hydrogens is 334 g/mol. The number of amides is 1. The molecule has 1 aromatic heterocycles. The molecule has 2 rings (SSSR count). The van der Waals surface area contributed by atoms with Gasteiger partial charge in [-0.25, -0.2) is 0 Å². The molecule has 0 saturated carbocycles. The van der Waals surface area contributed by atoms with Gasteiger partial charge in [0.25, 0.3) is 0 Å². The molecule has 1 heterocycles. The van der Waals surface area contributed by atoms with Gasteiger partial charge in [-0.3, -0.25) is 4.79 Å². The summed E-state index contributed by atoms with van der Waals surface area (Å²) < 4.78 is 11.2. The summed E-state index contributed by atoms with van der Waals surface area (Å²) in [6.45, 7) is 7.05. The Kier molecular flexibility index (Phi) is 7.79. The quantitative estimate of drug-likeness (QED) is 0.664. The Hall–Kier alpha value is -2.01. The standard InChI is InChI=1S/C20H27NO3S/c1-4-23-18-12-11-16(14-19(18)24-5-2)15(3)21-20(22)10-6-8-17-9-7-13-25-17/h7,9,11-15H,4-6,8,10H2,1-3H3,(H,21,22). The lowest BCUT2D eigenvalue weighted by Crippen LogP contribution is -2.26. The minimum Gasteiger partial charge on any atom is -0.490 e. The monoisotopic (exact) mass is 361 g/mol. The van der Waals surface area contributed by atoms with Gasteiger partial charge in [-0.15, -0.1) is 11.3 Å². The van der Waals surface area contributed by atoms with Crippen LogP contribution in [-0.2, 0) is 11.2 Å². The number of rotatable bonds is 10. The van der Waals surface area contributed by atoms with Crippen LogP contribution in [-0.4, -0.2) is 19.1 Å². The molecule has 1 N–H and O–H groups in total. The first kappa shape index (κ1) is 19.3. The largest absolute Gasteiger partial charge is 0.490 e. The maximum atomic E-state index is 12.2. The first-order valence-corrected chi connectivity index (χ1v) is 9.73. The van der Waals surface area contributed by atoms with E-state index in [1.165, 1.54) is 4.88 Å². The van der Waals surface area contributed by atoms with E-state index in [9.17, 15) is 4.79 Å². The second-order valence-electron chi connectivity index (χ2n) is 5.79. The molecule has 4 nitrogen and oxygen atoms in total. The van der Waals surface area contributed by atoms with Crippen LogP contribution in [0.15, 0.2) is 35.7 Å². The second-order valence-corrected chi connectivity index (χ2v) is 6.83. The molecule has 0 saturated heterocycles. The third-order valence-corrected chi connectivity index (χ3v) is 4.79. The first-order chi connectivity index (χ1) is 12.1. The molecule has 136 valence electrons. The van der Waals surface area contributed by atoms with Crippen molar-refractivity contribution in [2.24, 2.45) is 0 Å². The number of benzene rings is 1. The van der Waals surface area contributed by atoms with Crippen molar-refractivity contribution < 1.29 is 14.3 Å². The van der Waals surface area contributed by atoms with Crippen LogP contribution >= 0.6 is 11.3 Å². The van der Waals surface area contributed by atoms with Gasteiger partial charge in [-0.05, 0) is 62.8 Å². The molecule has 0 aliphatic heterocycles. The normalized spacial score (nSPS) is 11.8. The molecule has 1 atom stereocenters. The van der Waals surface area contributed by atoms with Gasteiger partial charge in [0.15, 0.2) is 11.5 Å². The maximum absolute atomic E-state index is 12.2. The van der Waals surface area contributed by atoms with Crippen LogP contribution in [0.2, 0.25) is 0 Å². The number of carbonyl (C=O) groups is 1. The lowest BCUT2D eigenvalue weighted by molar-refractivity contribution is -0.121. The highest BCUT2D eigenvalue weighted by atomic mass is 32.1. The Morgan fingerprint density at radius 3 is 2.60 bits per heavy atom. The molecule has 0 aliphatic rings. The lowest BCUT2D eigenvalue weighted by Gasteiger charge is -2.17. The van der Waals surface area contributed by atoms with Crippen molar-refractivity contribution in [1.29, 1.82) is 0 Å². The molecule has 1 aromatic carbocycles. The summed E-state index contributed by atoms with van der Waals surface area (Å²) in [4.78, 5) is 13.5. The molecule has 5 heteroatoms. The van der Waals surface area contributed by atoms with Gasteiger partial charge < -0.3 is 14.8 Å². The van der Waals surface area contributed by atoms with E-state index in [1.807, 2.05) is 45.0 Å². The smallest absolute Gasteiger partial charge is 0.220 e. The topological polar surface area (TPSA) is 47.6 Å². The summed E-state index contributed by atoms with van der Waals surface area (Å²) in [7, 11) is 0. The van der Waals surface area contributed by atoms with E-state index < -0.39 is 0 Å². The number of thiophene rings is 1. The van der Waals surface area contributed by atoms with Crippen molar-refractivity contribution in [2.75, 3.05) is 13.2 Å². The van der Waals surface area contributed by atoms with Gasteiger partial charge >= 0.3 is 0 Å². The Morgan fingerprint density at radius 1 is 1.16 bits per heavy atom. The van der Waals surface area contributed by atoms with Crippen LogP contribution in [0.5, 0.6) is 11.5 Å². The van der Waals surface area contributed by atoms with Gasteiger partial charge in [0.1, 0.15) is 0 Å². The summed E-state index contributed by atoms with van der Waals surface area (Å²) in [5.41, 5.74) is 1.01. The van der Waals surface area contributed by atoms with Crippen LogP contribution in [0, 0.1) is 0 Å². The average Bonchev–Trinajstić information content (AvgIpc) is 3.10. The van der Waals surface area contributed by atoms with Crippen molar-refractivity contribution in [1.82, 2.24) is 5.32 Å². The molecule has 2 aromatic rings. The predicted molar refractivity (Wildman–Crippen MR) is 103 cm³/mol.